The molecule has 0 spiro atoms. The van der Waals surface area contributed by atoms with E-state index < -0.39 is 0 Å². The fourth-order valence-corrected chi connectivity index (χ4v) is 4.97. The monoisotopic (exact) mass is 496 g/mol. The van der Waals surface area contributed by atoms with Crippen LogP contribution in [0.15, 0.2) is 109 Å². The highest BCUT2D eigenvalue weighted by molar-refractivity contribution is 6.08. The van der Waals surface area contributed by atoms with Gasteiger partial charge in [-0.25, -0.2) is 0 Å². The van der Waals surface area contributed by atoms with Gasteiger partial charge in [0.15, 0.2) is 0 Å². The second-order valence-electron chi connectivity index (χ2n) is 10.4. The highest BCUT2D eigenvalue weighted by Crippen LogP contribution is 2.34. The van der Waals surface area contributed by atoms with Crippen LogP contribution < -0.4 is 4.90 Å². The largest absolute Gasteiger partial charge is 0.344 e. The van der Waals surface area contributed by atoms with Crippen molar-refractivity contribution in [1.29, 1.82) is 0 Å². The van der Waals surface area contributed by atoms with Crippen LogP contribution in [-0.2, 0) is 7.05 Å². The first-order valence-corrected chi connectivity index (χ1v) is 13.3. The van der Waals surface area contributed by atoms with E-state index in [2.05, 4.69) is 160 Å². The third kappa shape index (κ3) is 5.21. The number of nitrogens with zero attached hydrogens (tertiary/aromatic N) is 2. The zero-order valence-corrected chi connectivity index (χ0v) is 23.3. The van der Waals surface area contributed by atoms with Crippen molar-refractivity contribution in [1.82, 2.24) is 4.57 Å². The van der Waals surface area contributed by atoms with Gasteiger partial charge in [0.05, 0.1) is 0 Å². The lowest BCUT2D eigenvalue weighted by molar-refractivity contribution is 1.01. The number of hydrogen-bond acceptors (Lipinski definition) is 1. The van der Waals surface area contributed by atoms with Gasteiger partial charge in [0, 0.05) is 45.9 Å². The average molecular weight is 497 g/mol. The molecule has 0 fully saturated rings. The number of hydrogen-bond donors (Lipinski definition) is 0. The van der Waals surface area contributed by atoms with Gasteiger partial charge < -0.3 is 9.47 Å². The normalized spacial score (nSPS) is 10.9. The van der Waals surface area contributed by atoms with Crippen LogP contribution >= 0.6 is 0 Å². The van der Waals surface area contributed by atoms with E-state index in [0.29, 0.717) is 0 Å². The predicted octanol–water partition coefficient (Wildman–Crippen LogP) is 10.0. The Morgan fingerprint density at radius 3 is 1.00 bits per heavy atom. The molecule has 0 unspecified atom stereocenters. The van der Waals surface area contributed by atoms with Crippen molar-refractivity contribution in [3.63, 3.8) is 0 Å². The van der Waals surface area contributed by atoms with Gasteiger partial charge in [-0.1, -0.05) is 76.3 Å². The Labute approximate surface area is 226 Å². The molecule has 0 atom stereocenters. The first-order valence-electron chi connectivity index (χ1n) is 13.3. The summed E-state index contributed by atoms with van der Waals surface area (Å²) in [7, 11) is 2.13. The lowest BCUT2D eigenvalue weighted by atomic mass is 10.1. The molecule has 0 saturated heterocycles. The fourth-order valence-electron chi connectivity index (χ4n) is 4.97. The minimum absolute atomic E-state index is 1.18. The number of rotatable bonds is 3. The second kappa shape index (κ2) is 10.6. The Morgan fingerprint density at radius 2 is 0.684 bits per heavy atom. The summed E-state index contributed by atoms with van der Waals surface area (Å²) >= 11 is 0. The van der Waals surface area contributed by atoms with Crippen molar-refractivity contribution in [2.45, 2.75) is 34.6 Å². The van der Waals surface area contributed by atoms with E-state index in [4.69, 9.17) is 0 Å². The molecule has 5 aromatic carbocycles. The Balaban J connectivity index is 0.000000162. The van der Waals surface area contributed by atoms with Crippen molar-refractivity contribution < 1.29 is 0 Å². The summed E-state index contributed by atoms with van der Waals surface area (Å²) in [6.45, 7) is 10.6. The van der Waals surface area contributed by atoms with E-state index in [9.17, 15) is 0 Å². The van der Waals surface area contributed by atoms with Gasteiger partial charge >= 0.3 is 0 Å². The Hall–Kier alpha value is -4.30. The summed E-state index contributed by atoms with van der Waals surface area (Å²) < 4.78 is 2.27. The maximum absolute atomic E-state index is 2.29. The zero-order chi connectivity index (χ0) is 26.8. The number of fused-ring (bicyclic) bond motifs is 3. The van der Waals surface area contributed by atoms with Crippen LogP contribution in [0.3, 0.4) is 0 Å². The molecular weight excluding hydrogens is 460 g/mol. The van der Waals surface area contributed by atoms with Gasteiger partial charge in [-0.2, -0.15) is 0 Å². The lowest BCUT2D eigenvalue weighted by Gasteiger charge is -2.25. The molecule has 0 bridgehead atoms. The summed E-state index contributed by atoms with van der Waals surface area (Å²) in [5.74, 6) is 0. The number of anilines is 3. The Morgan fingerprint density at radius 1 is 0.395 bits per heavy atom. The lowest BCUT2D eigenvalue weighted by Crippen LogP contribution is -2.09. The molecule has 38 heavy (non-hydrogen) atoms. The molecule has 0 aliphatic heterocycles. The highest BCUT2D eigenvalue weighted by Gasteiger charge is 2.12. The van der Waals surface area contributed by atoms with Crippen LogP contribution in [0, 0.1) is 34.6 Å². The smallest absolute Gasteiger partial charge is 0.0488 e. The van der Waals surface area contributed by atoms with Crippen LogP contribution in [0.25, 0.3) is 21.8 Å². The molecule has 6 aromatic rings. The van der Waals surface area contributed by atoms with Crippen molar-refractivity contribution in [2.75, 3.05) is 4.90 Å². The van der Waals surface area contributed by atoms with E-state index in [1.807, 2.05) is 0 Å². The van der Waals surface area contributed by atoms with Crippen LogP contribution in [0.4, 0.5) is 17.1 Å². The van der Waals surface area contributed by atoms with Crippen LogP contribution in [-0.4, -0.2) is 4.57 Å². The summed E-state index contributed by atoms with van der Waals surface area (Å²) in [6.07, 6.45) is 0. The number of benzene rings is 5. The average Bonchev–Trinajstić information content (AvgIpc) is 3.18. The minimum atomic E-state index is 1.18. The molecule has 2 heteroatoms. The molecule has 0 saturated carbocycles. The minimum Gasteiger partial charge on any atom is -0.344 e. The number of aromatic nitrogens is 1. The van der Waals surface area contributed by atoms with E-state index >= 15 is 0 Å². The van der Waals surface area contributed by atoms with Crippen molar-refractivity contribution in [2.24, 2.45) is 7.05 Å². The van der Waals surface area contributed by atoms with E-state index in [1.165, 1.54) is 66.7 Å². The fraction of sp³-hybridized carbons (Fsp3) is 0.167. The summed E-state index contributed by atoms with van der Waals surface area (Å²) in [4.78, 5) is 2.29. The SMILES string of the molecule is Cc1ccc(N(c2ccc(C)cc2)c2ccc(C)cc2)cc1.Cc1ccc2c(c1)c1cc(C)ccc1n2C. The molecule has 1 heterocycles. The molecular formula is C36H36N2. The van der Waals surface area contributed by atoms with Gasteiger partial charge in [0.2, 0.25) is 0 Å². The first-order chi connectivity index (χ1) is 18.3. The maximum Gasteiger partial charge on any atom is 0.0488 e. The van der Waals surface area contributed by atoms with E-state index in [-0.39, 0.29) is 0 Å². The zero-order valence-electron chi connectivity index (χ0n) is 23.3. The quantitative estimate of drug-likeness (QED) is 0.237. The first kappa shape index (κ1) is 25.4. The third-order valence-corrected chi connectivity index (χ3v) is 7.19. The molecule has 0 radical (unpaired) electrons. The molecule has 0 N–H and O–H groups in total. The molecule has 0 aliphatic rings. The Kier molecular flexibility index (Phi) is 7.07. The molecule has 6 rings (SSSR count). The molecule has 0 amide bonds. The van der Waals surface area contributed by atoms with E-state index in [0.717, 1.165) is 0 Å². The second-order valence-corrected chi connectivity index (χ2v) is 10.4. The van der Waals surface area contributed by atoms with Gasteiger partial charge in [0.1, 0.15) is 0 Å². The summed E-state index contributed by atoms with van der Waals surface area (Å²) in [6, 6.07) is 39.3. The summed E-state index contributed by atoms with van der Waals surface area (Å²) in [5, 5.41) is 2.72. The van der Waals surface area contributed by atoms with Crippen LogP contribution in [0.1, 0.15) is 27.8 Å². The predicted molar refractivity (Wildman–Crippen MR) is 165 cm³/mol. The highest BCUT2D eigenvalue weighted by atomic mass is 15.1. The van der Waals surface area contributed by atoms with Crippen molar-refractivity contribution >= 4 is 38.9 Å². The molecule has 1 aromatic heterocycles. The van der Waals surface area contributed by atoms with Gasteiger partial charge in [-0.05, 0) is 95.3 Å². The Bertz CT molecular complexity index is 1520. The van der Waals surface area contributed by atoms with E-state index in [1.54, 1.807) is 0 Å². The van der Waals surface area contributed by atoms with Crippen molar-refractivity contribution in [3.8, 4) is 0 Å². The molecule has 0 aliphatic carbocycles. The summed E-state index contributed by atoms with van der Waals surface area (Å²) in [5.41, 5.74) is 12.6. The van der Waals surface area contributed by atoms with Gasteiger partial charge in [-0.15, -0.1) is 0 Å². The maximum atomic E-state index is 2.29. The standard InChI is InChI=1S/C21H21N.C15H15N/c1-16-4-10-19(11-5-16)22(20-12-6-17(2)7-13-20)21-14-8-18(3)9-15-21;1-10-4-6-14-12(8-10)13-9-11(2)5-7-15(13)16(14)3/h4-15H,1-3H3;4-9H,1-3H3. The molecule has 2 nitrogen and oxygen atoms in total. The number of aryl methyl sites for hydroxylation is 6. The van der Waals surface area contributed by atoms with Gasteiger partial charge in [-0.3, -0.25) is 0 Å². The topological polar surface area (TPSA) is 8.17 Å². The van der Waals surface area contributed by atoms with Crippen LogP contribution in [0.2, 0.25) is 0 Å². The molecule has 190 valence electrons. The van der Waals surface area contributed by atoms with Crippen molar-refractivity contribution in [3.05, 3.63) is 137 Å². The van der Waals surface area contributed by atoms with Crippen LogP contribution in [0.5, 0.6) is 0 Å². The van der Waals surface area contributed by atoms with Gasteiger partial charge in [0.25, 0.3) is 0 Å². The third-order valence-electron chi connectivity index (χ3n) is 7.19.